The van der Waals surface area contributed by atoms with Crippen molar-refractivity contribution in [3.05, 3.63) is 72.8 Å². The van der Waals surface area contributed by atoms with Gasteiger partial charge in [0.05, 0.1) is 6.54 Å². The van der Waals surface area contributed by atoms with E-state index in [-0.39, 0.29) is 29.3 Å². The molecule has 1 atom stereocenters. The van der Waals surface area contributed by atoms with Gasteiger partial charge in [0.25, 0.3) is 0 Å². The number of morpholine rings is 1. The van der Waals surface area contributed by atoms with Crippen LogP contribution >= 0.6 is 0 Å². The first-order chi connectivity index (χ1) is 12.5. The van der Waals surface area contributed by atoms with Gasteiger partial charge in [0.2, 0.25) is 5.91 Å². The van der Waals surface area contributed by atoms with Gasteiger partial charge in [0.1, 0.15) is 23.4 Å². The third-order valence-electron chi connectivity index (χ3n) is 3.99. The molecule has 3 rings (SSSR count). The van der Waals surface area contributed by atoms with Crippen molar-refractivity contribution in [2.45, 2.75) is 11.0 Å². The van der Waals surface area contributed by atoms with Gasteiger partial charge in [-0.15, -0.1) is 6.58 Å². The maximum atomic E-state index is 12.2. The molecule has 0 saturated carbocycles. The van der Waals surface area contributed by atoms with Crippen molar-refractivity contribution in [3.8, 4) is 5.75 Å². The summed E-state index contributed by atoms with van der Waals surface area (Å²) in [5.41, 5.74) is 0.844. The van der Waals surface area contributed by atoms with E-state index in [1.807, 2.05) is 0 Å². The summed E-state index contributed by atoms with van der Waals surface area (Å²) in [5.74, 6) is 0.141. The molecule has 1 unspecified atom stereocenters. The maximum absolute atomic E-state index is 12.2. The van der Waals surface area contributed by atoms with Crippen LogP contribution in [0, 0.1) is 0 Å². The molecule has 0 radical (unpaired) electrons. The lowest BCUT2D eigenvalue weighted by atomic mass is 10.1. The highest BCUT2D eigenvalue weighted by atomic mass is 32.2. The van der Waals surface area contributed by atoms with Crippen molar-refractivity contribution in [1.82, 2.24) is 4.90 Å². The van der Waals surface area contributed by atoms with Crippen LogP contribution in [0.3, 0.4) is 0 Å². The van der Waals surface area contributed by atoms with Crippen molar-refractivity contribution in [3.63, 3.8) is 0 Å². The summed E-state index contributed by atoms with van der Waals surface area (Å²) in [6.45, 7) is 4.55. The Morgan fingerprint density at radius 2 is 1.85 bits per heavy atom. The fraction of sp³-hybridized carbons (Fsp3) is 0.211. The van der Waals surface area contributed by atoms with Gasteiger partial charge in [-0.3, -0.25) is 4.79 Å². The van der Waals surface area contributed by atoms with E-state index in [2.05, 4.69) is 6.58 Å². The minimum Gasteiger partial charge on any atom is -0.379 e. The standard InChI is InChI=1S/C19H19NO5S/c1-2-12-20-13-18(24-14-19(20)21)15-8-10-16(11-9-15)25-26(22,23)17-6-4-3-5-7-17/h2-11,18H,1,12-14H2. The van der Waals surface area contributed by atoms with Gasteiger partial charge < -0.3 is 13.8 Å². The van der Waals surface area contributed by atoms with Crippen LogP contribution in [0.5, 0.6) is 5.75 Å². The van der Waals surface area contributed by atoms with Gasteiger partial charge in [0.15, 0.2) is 0 Å². The number of nitrogens with zero attached hydrogens (tertiary/aromatic N) is 1. The van der Waals surface area contributed by atoms with Crippen LogP contribution in [0.25, 0.3) is 0 Å². The van der Waals surface area contributed by atoms with Gasteiger partial charge in [0, 0.05) is 6.54 Å². The van der Waals surface area contributed by atoms with Crippen molar-refractivity contribution in [1.29, 1.82) is 0 Å². The Bertz CT molecular complexity index is 878. The number of benzene rings is 2. The number of amides is 1. The van der Waals surface area contributed by atoms with Crippen molar-refractivity contribution >= 4 is 16.0 Å². The van der Waals surface area contributed by atoms with E-state index < -0.39 is 10.1 Å². The minimum atomic E-state index is -3.87. The molecule has 0 aliphatic carbocycles. The highest BCUT2D eigenvalue weighted by molar-refractivity contribution is 7.87. The molecule has 7 heteroatoms. The topological polar surface area (TPSA) is 72.9 Å². The monoisotopic (exact) mass is 373 g/mol. The number of carbonyl (C=O) groups excluding carboxylic acids is 1. The smallest absolute Gasteiger partial charge is 0.339 e. The Hall–Kier alpha value is -2.64. The molecular formula is C19H19NO5S. The van der Waals surface area contributed by atoms with E-state index in [1.165, 1.54) is 12.1 Å². The van der Waals surface area contributed by atoms with Gasteiger partial charge in [-0.2, -0.15) is 8.42 Å². The molecule has 0 spiro atoms. The summed E-state index contributed by atoms with van der Waals surface area (Å²) >= 11 is 0. The predicted molar refractivity (Wildman–Crippen MR) is 96.2 cm³/mol. The first-order valence-electron chi connectivity index (χ1n) is 8.09. The van der Waals surface area contributed by atoms with Crippen LogP contribution in [0.2, 0.25) is 0 Å². The van der Waals surface area contributed by atoms with Crippen molar-refractivity contribution < 1.29 is 22.1 Å². The lowest BCUT2D eigenvalue weighted by molar-refractivity contribution is -0.148. The van der Waals surface area contributed by atoms with E-state index >= 15 is 0 Å². The van der Waals surface area contributed by atoms with Crippen LogP contribution in [-0.4, -0.2) is 38.9 Å². The molecule has 136 valence electrons. The number of ether oxygens (including phenoxy) is 1. The van der Waals surface area contributed by atoms with Gasteiger partial charge >= 0.3 is 10.1 Å². The summed E-state index contributed by atoms with van der Waals surface area (Å²) in [4.78, 5) is 13.5. The summed E-state index contributed by atoms with van der Waals surface area (Å²) in [6, 6.07) is 14.6. The average molecular weight is 373 g/mol. The highest BCUT2D eigenvalue weighted by Crippen LogP contribution is 2.26. The first-order valence-corrected chi connectivity index (χ1v) is 9.50. The normalized spacial score (nSPS) is 17.8. The number of hydrogen-bond donors (Lipinski definition) is 0. The second-order valence-electron chi connectivity index (χ2n) is 5.81. The van der Waals surface area contributed by atoms with E-state index in [9.17, 15) is 13.2 Å². The molecule has 1 amide bonds. The largest absolute Gasteiger partial charge is 0.379 e. The molecule has 0 aromatic heterocycles. The minimum absolute atomic E-state index is 0.0130. The maximum Gasteiger partial charge on any atom is 0.339 e. The molecule has 2 aromatic rings. The Kier molecular flexibility index (Phi) is 5.39. The quantitative estimate of drug-likeness (QED) is 0.575. The molecule has 1 aliphatic rings. The van der Waals surface area contributed by atoms with E-state index in [4.69, 9.17) is 8.92 Å². The number of rotatable bonds is 6. The molecule has 1 heterocycles. The zero-order chi connectivity index (χ0) is 18.6. The SMILES string of the molecule is C=CCN1CC(c2ccc(OS(=O)(=O)c3ccccc3)cc2)OCC1=O. The Balaban J connectivity index is 1.71. The van der Waals surface area contributed by atoms with Gasteiger partial charge in [-0.25, -0.2) is 0 Å². The van der Waals surface area contributed by atoms with Crippen LogP contribution < -0.4 is 4.18 Å². The fourth-order valence-electron chi connectivity index (χ4n) is 2.65. The van der Waals surface area contributed by atoms with Crippen LogP contribution in [0.15, 0.2) is 72.1 Å². The van der Waals surface area contributed by atoms with E-state index in [1.54, 1.807) is 53.4 Å². The molecular weight excluding hydrogens is 354 g/mol. The molecule has 26 heavy (non-hydrogen) atoms. The number of carbonyl (C=O) groups is 1. The average Bonchev–Trinajstić information content (AvgIpc) is 2.65. The van der Waals surface area contributed by atoms with E-state index in [0.29, 0.717) is 13.1 Å². The Morgan fingerprint density at radius 3 is 2.50 bits per heavy atom. The molecule has 1 aliphatic heterocycles. The van der Waals surface area contributed by atoms with Crippen molar-refractivity contribution in [2.75, 3.05) is 19.7 Å². The fourth-order valence-corrected chi connectivity index (χ4v) is 3.60. The van der Waals surface area contributed by atoms with Crippen LogP contribution in [0.1, 0.15) is 11.7 Å². The molecule has 6 nitrogen and oxygen atoms in total. The van der Waals surface area contributed by atoms with E-state index in [0.717, 1.165) is 5.56 Å². The molecule has 1 fully saturated rings. The Morgan fingerprint density at radius 1 is 1.15 bits per heavy atom. The van der Waals surface area contributed by atoms with Gasteiger partial charge in [-0.05, 0) is 29.8 Å². The summed E-state index contributed by atoms with van der Waals surface area (Å²) < 4.78 is 35.2. The summed E-state index contributed by atoms with van der Waals surface area (Å²) in [7, 11) is -3.87. The molecule has 2 aromatic carbocycles. The summed E-state index contributed by atoms with van der Waals surface area (Å²) in [6.07, 6.45) is 1.40. The zero-order valence-corrected chi connectivity index (χ0v) is 14.9. The van der Waals surface area contributed by atoms with Crippen LogP contribution in [-0.2, 0) is 19.6 Å². The first kappa shape index (κ1) is 18.2. The van der Waals surface area contributed by atoms with Crippen LogP contribution in [0.4, 0.5) is 0 Å². The molecule has 1 saturated heterocycles. The summed E-state index contributed by atoms with van der Waals surface area (Å²) in [5, 5.41) is 0. The zero-order valence-electron chi connectivity index (χ0n) is 14.1. The Labute approximate surface area is 152 Å². The third kappa shape index (κ3) is 4.12. The van der Waals surface area contributed by atoms with Gasteiger partial charge in [-0.1, -0.05) is 36.4 Å². The lowest BCUT2D eigenvalue weighted by Gasteiger charge is -2.32. The molecule has 0 bridgehead atoms. The second kappa shape index (κ2) is 7.72. The third-order valence-corrected chi connectivity index (χ3v) is 5.25. The highest BCUT2D eigenvalue weighted by Gasteiger charge is 2.26. The molecule has 0 N–H and O–H groups in total. The second-order valence-corrected chi connectivity index (χ2v) is 7.35. The predicted octanol–water partition coefficient (Wildman–Crippen LogP) is 2.54. The number of hydrogen-bond acceptors (Lipinski definition) is 5. The lowest BCUT2D eigenvalue weighted by Crippen LogP contribution is -2.43. The van der Waals surface area contributed by atoms with Crippen molar-refractivity contribution in [2.24, 2.45) is 0 Å².